The number of benzene rings is 1. The van der Waals surface area contributed by atoms with Crippen molar-refractivity contribution in [2.24, 2.45) is 5.10 Å². The van der Waals surface area contributed by atoms with Crippen LogP contribution in [0.4, 0.5) is 11.5 Å². The van der Waals surface area contributed by atoms with Crippen LogP contribution < -0.4 is 14.5 Å². The number of amides is 2. The van der Waals surface area contributed by atoms with Gasteiger partial charge in [0, 0.05) is 36.9 Å². The monoisotopic (exact) mass is 588 g/mol. The van der Waals surface area contributed by atoms with E-state index in [2.05, 4.69) is 20.4 Å². The number of rotatable bonds is 7. The molecule has 2 aromatic heterocycles. The summed E-state index contributed by atoms with van der Waals surface area (Å²) in [6, 6.07) is 9.57. The largest absolute Gasteiger partial charge is 0.376 e. The Morgan fingerprint density at radius 2 is 1.90 bits per heavy atom. The van der Waals surface area contributed by atoms with Crippen LogP contribution in [0, 0.1) is 0 Å². The Morgan fingerprint density at radius 3 is 2.59 bits per heavy atom. The lowest BCUT2D eigenvalue weighted by atomic mass is 10.1. The van der Waals surface area contributed by atoms with E-state index >= 15 is 0 Å². The van der Waals surface area contributed by atoms with Crippen LogP contribution in [-0.2, 0) is 14.9 Å². The zero-order valence-electron chi connectivity index (χ0n) is 20.5. The van der Waals surface area contributed by atoms with Gasteiger partial charge in [-0.25, -0.2) is 9.99 Å². The molecule has 39 heavy (non-hydrogen) atoms. The summed E-state index contributed by atoms with van der Waals surface area (Å²) >= 11 is 12.5. The maximum atomic E-state index is 13.6. The maximum absolute atomic E-state index is 13.6. The topological polar surface area (TPSA) is 134 Å². The van der Waals surface area contributed by atoms with Crippen molar-refractivity contribution in [2.45, 2.75) is 31.3 Å². The Hall–Kier alpha value is -3.74. The molecule has 14 heteroatoms. The third kappa shape index (κ3) is 5.82. The molecule has 3 heterocycles. The highest BCUT2D eigenvalue weighted by atomic mass is 35.5. The van der Waals surface area contributed by atoms with Crippen LogP contribution in [0.3, 0.4) is 0 Å². The molecule has 5 rings (SSSR count). The highest BCUT2D eigenvalue weighted by Crippen LogP contribution is 2.33. The summed E-state index contributed by atoms with van der Waals surface area (Å²) in [5.74, 6) is -0.875. The molecule has 3 aromatic rings. The third-order valence-corrected chi connectivity index (χ3v) is 7.92. The van der Waals surface area contributed by atoms with Crippen molar-refractivity contribution >= 4 is 61.7 Å². The van der Waals surface area contributed by atoms with Gasteiger partial charge in [-0.05, 0) is 55.3 Å². The smallest absolute Gasteiger partial charge is 0.354 e. The number of hydrazone groups is 1. The summed E-state index contributed by atoms with van der Waals surface area (Å²) in [6.45, 7) is 0. The van der Waals surface area contributed by atoms with Crippen LogP contribution in [-0.4, -0.2) is 59.3 Å². The van der Waals surface area contributed by atoms with E-state index in [9.17, 15) is 18.0 Å². The first-order valence-corrected chi connectivity index (χ1v) is 14.0. The van der Waals surface area contributed by atoms with Gasteiger partial charge in [-0.2, -0.15) is 13.5 Å². The zero-order chi connectivity index (χ0) is 27.7. The predicted molar refractivity (Wildman–Crippen MR) is 147 cm³/mol. The van der Waals surface area contributed by atoms with Crippen LogP contribution in [0.2, 0.25) is 10.0 Å². The van der Waals surface area contributed by atoms with Crippen LogP contribution >= 0.6 is 23.2 Å². The van der Waals surface area contributed by atoms with E-state index in [4.69, 9.17) is 27.4 Å². The van der Waals surface area contributed by atoms with Crippen molar-refractivity contribution in [3.05, 3.63) is 76.7 Å². The van der Waals surface area contributed by atoms with Gasteiger partial charge in [0.2, 0.25) is 5.91 Å². The first kappa shape index (κ1) is 26.9. The average molecular weight is 589 g/mol. The van der Waals surface area contributed by atoms with Crippen molar-refractivity contribution < 1.29 is 22.2 Å². The van der Waals surface area contributed by atoms with E-state index in [0.717, 1.165) is 17.9 Å². The molecule has 1 saturated carbocycles. The number of hydrogen-bond acceptors (Lipinski definition) is 9. The minimum atomic E-state index is -4.41. The SMILES string of the molecule is CN(C(=O)c1cc(Cl)ccc1NC(=O)C1CC(S(=O)(=O)Oc2cccnc2)=NN1c1ncccc1Cl)C1CC1. The number of pyridine rings is 2. The van der Waals surface area contributed by atoms with Crippen molar-refractivity contribution in [1.82, 2.24) is 14.9 Å². The molecule has 1 fully saturated rings. The normalized spacial score (nSPS) is 16.9. The second-order valence-corrected chi connectivity index (χ2v) is 11.3. The number of carbonyl (C=O) groups excluding carboxylic acids is 2. The molecule has 1 N–H and O–H groups in total. The Labute approximate surface area is 234 Å². The lowest BCUT2D eigenvalue weighted by molar-refractivity contribution is -0.117. The van der Waals surface area contributed by atoms with Crippen LogP contribution in [0.5, 0.6) is 5.75 Å². The van der Waals surface area contributed by atoms with Gasteiger partial charge >= 0.3 is 10.1 Å². The number of anilines is 2. The minimum Gasteiger partial charge on any atom is -0.376 e. The third-order valence-electron chi connectivity index (χ3n) is 6.15. The molecular formula is C25H22Cl2N6O5S. The van der Waals surface area contributed by atoms with Crippen molar-refractivity contribution in [2.75, 3.05) is 17.4 Å². The second kappa shape index (κ2) is 10.8. The van der Waals surface area contributed by atoms with Crippen LogP contribution in [0.1, 0.15) is 29.6 Å². The van der Waals surface area contributed by atoms with E-state index < -0.39 is 27.1 Å². The van der Waals surface area contributed by atoms with Gasteiger partial charge in [-0.15, -0.1) is 0 Å². The van der Waals surface area contributed by atoms with Crippen molar-refractivity contribution in [3.63, 3.8) is 0 Å². The van der Waals surface area contributed by atoms with E-state index in [-0.39, 0.29) is 46.2 Å². The number of nitrogens with zero attached hydrogens (tertiary/aromatic N) is 5. The van der Waals surface area contributed by atoms with Gasteiger partial charge in [-0.3, -0.25) is 14.6 Å². The minimum absolute atomic E-state index is 0.0142. The highest BCUT2D eigenvalue weighted by molar-refractivity contribution is 8.02. The lowest BCUT2D eigenvalue weighted by Crippen LogP contribution is -2.40. The molecule has 1 aromatic carbocycles. The highest BCUT2D eigenvalue weighted by Gasteiger charge is 2.41. The fourth-order valence-electron chi connectivity index (χ4n) is 3.99. The predicted octanol–water partition coefficient (Wildman–Crippen LogP) is 3.96. The summed E-state index contributed by atoms with van der Waals surface area (Å²) < 4.78 is 31.3. The fourth-order valence-corrected chi connectivity index (χ4v) is 5.36. The molecule has 0 spiro atoms. The van der Waals surface area contributed by atoms with E-state index in [1.165, 1.54) is 48.9 Å². The van der Waals surface area contributed by atoms with Crippen LogP contribution in [0.25, 0.3) is 0 Å². The van der Waals surface area contributed by atoms with Gasteiger partial charge in [0.05, 0.1) is 22.5 Å². The summed E-state index contributed by atoms with van der Waals surface area (Å²) in [7, 11) is -2.71. The molecule has 1 aliphatic carbocycles. The molecule has 2 aliphatic rings. The first-order chi connectivity index (χ1) is 18.6. The number of hydrogen-bond donors (Lipinski definition) is 1. The molecule has 1 aliphatic heterocycles. The molecule has 1 atom stereocenters. The fraction of sp³-hybridized carbons (Fsp3) is 0.240. The summed E-state index contributed by atoms with van der Waals surface area (Å²) in [5, 5.41) is 8.11. The molecule has 11 nitrogen and oxygen atoms in total. The summed E-state index contributed by atoms with van der Waals surface area (Å²) in [5.41, 5.74) is 0.427. The van der Waals surface area contributed by atoms with Crippen molar-refractivity contribution in [3.8, 4) is 5.75 Å². The number of halogens is 2. The van der Waals surface area contributed by atoms with E-state index in [0.29, 0.717) is 5.02 Å². The second-order valence-electron chi connectivity index (χ2n) is 8.92. The Morgan fingerprint density at radius 1 is 1.13 bits per heavy atom. The number of aromatic nitrogens is 2. The molecular weight excluding hydrogens is 567 g/mol. The van der Waals surface area contributed by atoms with Crippen LogP contribution in [0.15, 0.2) is 66.2 Å². The Kier molecular flexibility index (Phi) is 7.43. The maximum Gasteiger partial charge on any atom is 0.354 e. The Balaban J connectivity index is 1.45. The van der Waals surface area contributed by atoms with Gasteiger partial charge in [-0.1, -0.05) is 23.2 Å². The molecule has 2 amide bonds. The summed E-state index contributed by atoms with van der Waals surface area (Å²) in [6.07, 6.45) is 5.61. The van der Waals surface area contributed by atoms with Gasteiger partial charge in [0.25, 0.3) is 5.91 Å². The van der Waals surface area contributed by atoms with Crippen molar-refractivity contribution in [1.29, 1.82) is 0 Å². The first-order valence-electron chi connectivity index (χ1n) is 11.8. The molecule has 0 radical (unpaired) electrons. The molecule has 0 saturated heterocycles. The number of nitrogens with one attached hydrogen (secondary N) is 1. The average Bonchev–Trinajstić information content (AvgIpc) is 3.67. The molecule has 202 valence electrons. The molecule has 1 unspecified atom stereocenters. The number of carbonyl (C=O) groups is 2. The lowest BCUT2D eigenvalue weighted by Gasteiger charge is -2.23. The molecule has 0 bridgehead atoms. The van der Waals surface area contributed by atoms with Gasteiger partial charge in [0.15, 0.2) is 16.6 Å². The van der Waals surface area contributed by atoms with Gasteiger partial charge in [0.1, 0.15) is 6.04 Å². The van der Waals surface area contributed by atoms with Gasteiger partial charge < -0.3 is 14.4 Å². The summed E-state index contributed by atoms with van der Waals surface area (Å²) in [4.78, 5) is 36.4. The Bertz CT molecular complexity index is 1570. The standard InChI is InChI=1S/C25H22Cl2N6O5S/c1-32(16-7-8-16)25(35)18-12-15(26)6-9-20(18)30-24(34)21-13-22(31-33(21)23-19(27)5-3-11-29-23)39(36,37)38-17-4-2-10-28-14-17/h2-6,9-12,14,16,21H,7-8,13H2,1H3,(H,30,34). The zero-order valence-corrected chi connectivity index (χ0v) is 22.8. The van der Waals surface area contributed by atoms with E-state index in [1.54, 1.807) is 24.1 Å². The quantitative estimate of drug-likeness (QED) is 0.410. The van der Waals surface area contributed by atoms with E-state index in [1.807, 2.05) is 0 Å².